The Hall–Kier alpha value is -2.14. The maximum absolute atomic E-state index is 12.4. The van der Waals surface area contributed by atoms with E-state index in [4.69, 9.17) is 4.74 Å². The van der Waals surface area contributed by atoms with Crippen LogP contribution >= 0.6 is 15.9 Å². The molecule has 0 spiro atoms. The van der Waals surface area contributed by atoms with Crippen molar-refractivity contribution in [1.82, 2.24) is 4.90 Å². The Labute approximate surface area is 163 Å². The number of hydrogen-bond acceptors (Lipinski definition) is 3. The lowest BCUT2D eigenvalue weighted by atomic mass is 10.0. The summed E-state index contributed by atoms with van der Waals surface area (Å²) in [5.74, 6) is 0.665. The topological polar surface area (TPSA) is 46.6 Å². The lowest BCUT2D eigenvalue weighted by molar-refractivity contribution is -0.130. The van der Waals surface area contributed by atoms with Crippen molar-refractivity contribution in [2.75, 3.05) is 14.2 Å². The summed E-state index contributed by atoms with van der Waals surface area (Å²) in [6.45, 7) is 4.42. The second-order valence-electron chi connectivity index (χ2n) is 6.43. The van der Waals surface area contributed by atoms with E-state index in [1.54, 1.807) is 19.1 Å². The van der Waals surface area contributed by atoms with E-state index in [1.165, 1.54) is 0 Å². The number of ketones is 1. The van der Waals surface area contributed by atoms with Crippen molar-refractivity contribution < 1.29 is 14.3 Å². The lowest BCUT2D eigenvalue weighted by Crippen LogP contribution is -2.26. The molecule has 0 saturated carbocycles. The molecule has 0 aliphatic carbocycles. The number of aryl methyl sites for hydroxylation is 2. The standard InChI is InChI=1S/C21H24BrNO3/c1-14-5-6-16(11-15(14)2)19(24)8-10-21(25)23(3)13-17-12-18(22)7-9-20(17)26-4/h5-7,9,11-12H,8,10,13H2,1-4H3. The second-order valence-corrected chi connectivity index (χ2v) is 7.34. The molecule has 26 heavy (non-hydrogen) atoms. The smallest absolute Gasteiger partial charge is 0.223 e. The highest BCUT2D eigenvalue weighted by molar-refractivity contribution is 9.10. The average Bonchev–Trinajstić information content (AvgIpc) is 2.61. The molecule has 0 bridgehead atoms. The van der Waals surface area contributed by atoms with Crippen LogP contribution < -0.4 is 4.74 Å². The highest BCUT2D eigenvalue weighted by atomic mass is 79.9. The molecule has 0 fully saturated rings. The third-order valence-corrected chi connectivity index (χ3v) is 4.96. The Bertz CT molecular complexity index is 817. The number of carbonyl (C=O) groups excluding carboxylic acids is 2. The zero-order chi connectivity index (χ0) is 19.3. The molecule has 2 aromatic rings. The van der Waals surface area contributed by atoms with Gasteiger partial charge in [-0.1, -0.05) is 28.1 Å². The highest BCUT2D eigenvalue weighted by Crippen LogP contribution is 2.24. The summed E-state index contributed by atoms with van der Waals surface area (Å²) < 4.78 is 6.27. The first kappa shape index (κ1) is 20.2. The summed E-state index contributed by atoms with van der Waals surface area (Å²) in [5.41, 5.74) is 3.82. The van der Waals surface area contributed by atoms with Crippen molar-refractivity contribution in [3.8, 4) is 5.75 Å². The van der Waals surface area contributed by atoms with Gasteiger partial charge in [-0.25, -0.2) is 0 Å². The third kappa shape index (κ3) is 5.18. The van der Waals surface area contributed by atoms with Crippen molar-refractivity contribution >= 4 is 27.6 Å². The molecule has 0 N–H and O–H groups in total. The molecule has 0 aromatic heterocycles. The van der Waals surface area contributed by atoms with Crippen LogP contribution in [0.3, 0.4) is 0 Å². The van der Waals surface area contributed by atoms with Gasteiger partial charge in [0.25, 0.3) is 0 Å². The second kappa shape index (κ2) is 8.99. The van der Waals surface area contributed by atoms with Crippen LogP contribution in [0, 0.1) is 13.8 Å². The molecule has 2 rings (SSSR count). The van der Waals surface area contributed by atoms with Crippen LogP contribution in [0.5, 0.6) is 5.75 Å². The number of benzene rings is 2. The maximum Gasteiger partial charge on any atom is 0.223 e. The number of carbonyl (C=O) groups is 2. The number of methoxy groups -OCH3 is 1. The maximum atomic E-state index is 12.4. The van der Waals surface area contributed by atoms with Gasteiger partial charge in [-0.15, -0.1) is 0 Å². The lowest BCUT2D eigenvalue weighted by Gasteiger charge is -2.19. The minimum absolute atomic E-state index is 0.00474. The molecule has 0 atom stereocenters. The normalized spacial score (nSPS) is 10.5. The molecular formula is C21H24BrNO3. The van der Waals surface area contributed by atoms with Gasteiger partial charge in [-0.05, 0) is 49.2 Å². The number of ether oxygens (including phenoxy) is 1. The van der Waals surface area contributed by atoms with Crippen LogP contribution in [0.15, 0.2) is 40.9 Å². The fourth-order valence-electron chi connectivity index (χ4n) is 2.68. The zero-order valence-electron chi connectivity index (χ0n) is 15.6. The van der Waals surface area contributed by atoms with Gasteiger partial charge in [0.15, 0.2) is 5.78 Å². The first-order valence-corrected chi connectivity index (χ1v) is 9.28. The average molecular weight is 418 g/mol. The Kier molecular flexibility index (Phi) is 6.98. The molecule has 5 heteroatoms. The van der Waals surface area contributed by atoms with Gasteiger partial charge in [0.05, 0.1) is 7.11 Å². The summed E-state index contributed by atoms with van der Waals surface area (Å²) in [7, 11) is 3.35. The highest BCUT2D eigenvalue weighted by Gasteiger charge is 2.15. The minimum atomic E-state index is -0.0655. The van der Waals surface area contributed by atoms with Gasteiger partial charge in [-0.3, -0.25) is 9.59 Å². The van der Waals surface area contributed by atoms with E-state index >= 15 is 0 Å². The summed E-state index contributed by atoms with van der Waals surface area (Å²) >= 11 is 3.44. The van der Waals surface area contributed by atoms with Gasteiger partial charge in [0, 0.05) is 42.0 Å². The SMILES string of the molecule is COc1ccc(Br)cc1CN(C)C(=O)CCC(=O)c1ccc(C)c(C)c1. The monoisotopic (exact) mass is 417 g/mol. The predicted molar refractivity (Wildman–Crippen MR) is 107 cm³/mol. The van der Waals surface area contributed by atoms with E-state index in [-0.39, 0.29) is 24.5 Å². The van der Waals surface area contributed by atoms with Crippen molar-refractivity contribution in [3.05, 3.63) is 63.1 Å². The van der Waals surface area contributed by atoms with E-state index in [0.29, 0.717) is 12.1 Å². The molecule has 0 radical (unpaired) electrons. The molecule has 2 aromatic carbocycles. The van der Waals surface area contributed by atoms with E-state index < -0.39 is 0 Å². The summed E-state index contributed by atoms with van der Waals surface area (Å²) in [6, 6.07) is 11.3. The number of Topliss-reactive ketones (excluding diaryl/α,β-unsaturated/α-hetero) is 1. The number of hydrogen-bond donors (Lipinski definition) is 0. The van der Waals surface area contributed by atoms with E-state index in [0.717, 1.165) is 26.9 Å². The first-order chi connectivity index (χ1) is 12.3. The Morgan fingerprint density at radius 2 is 1.77 bits per heavy atom. The largest absolute Gasteiger partial charge is 0.496 e. The minimum Gasteiger partial charge on any atom is -0.496 e. The van der Waals surface area contributed by atoms with Crippen molar-refractivity contribution in [3.63, 3.8) is 0 Å². The molecule has 4 nitrogen and oxygen atoms in total. The summed E-state index contributed by atoms with van der Waals surface area (Å²) in [4.78, 5) is 26.4. The Morgan fingerprint density at radius 3 is 2.42 bits per heavy atom. The van der Waals surface area contributed by atoms with Crippen LogP contribution in [0.25, 0.3) is 0 Å². The molecule has 0 aliphatic heterocycles. The zero-order valence-corrected chi connectivity index (χ0v) is 17.2. The van der Waals surface area contributed by atoms with Gasteiger partial charge in [-0.2, -0.15) is 0 Å². The van der Waals surface area contributed by atoms with Crippen molar-refractivity contribution in [2.45, 2.75) is 33.2 Å². The molecule has 1 amide bonds. The predicted octanol–water partition coefficient (Wildman–Crippen LogP) is 4.70. The quantitative estimate of drug-likeness (QED) is 0.613. The molecule has 0 aliphatic rings. The fourth-order valence-corrected chi connectivity index (χ4v) is 3.09. The van der Waals surface area contributed by atoms with Crippen molar-refractivity contribution in [2.24, 2.45) is 0 Å². The molecular weight excluding hydrogens is 394 g/mol. The number of halogens is 1. The van der Waals surface area contributed by atoms with E-state index in [2.05, 4.69) is 15.9 Å². The molecule has 138 valence electrons. The number of nitrogens with zero attached hydrogens (tertiary/aromatic N) is 1. The molecule has 0 saturated heterocycles. The number of amides is 1. The van der Waals surface area contributed by atoms with Crippen LogP contribution in [0.4, 0.5) is 0 Å². The molecule has 0 heterocycles. The van der Waals surface area contributed by atoms with E-state index in [9.17, 15) is 9.59 Å². The van der Waals surface area contributed by atoms with E-state index in [1.807, 2.05) is 50.2 Å². The van der Waals surface area contributed by atoms with Crippen LogP contribution in [0.2, 0.25) is 0 Å². The molecule has 0 unspecified atom stereocenters. The number of rotatable bonds is 7. The Balaban J connectivity index is 1.96. The van der Waals surface area contributed by atoms with Crippen molar-refractivity contribution in [1.29, 1.82) is 0 Å². The third-order valence-electron chi connectivity index (χ3n) is 4.47. The fraction of sp³-hybridized carbons (Fsp3) is 0.333. The van der Waals surface area contributed by atoms with Gasteiger partial charge < -0.3 is 9.64 Å². The first-order valence-electron chi connectivity index (χ1n) is 8.48. The van der Waals surface area contributed by atoms with Gasteiger partial charge >= 0.3 is 0 Å². The Morgan fingerprint density at radius 1 is 1.04 bits per heavy atom. The van der Waals surface area contributed by atoms with Gasteiger partial charge in [0.2, 0.25) is 5.91 Å². The van der Waals surface area contributed by atoms with Crippen LogP contribution in [-0.4, -0.2) is 30.7 Å². The van der Waals surface area contributed by atoms with Crippen LogP contribution in [-0.2, 0) is 11.3 Å². The summed E-state index contributed by atoms with van der Waals surface area (Å²) in [6.07, 6.45) is 0.403. The van der Waals surface area contributed by atoms with Gasteiger partial charge in [0.1, 0.15) is 5.75 Å². The summed E-state index contributed by atoms with van der Waals surface area (Å²) in [5, 5.41) is 0. The van der Waals surface area contributed by atoms with Crippen LogP contribution in [0.1, 0.15) is 39.9 Å².